The highest BCUT2D eigenvalue weighted by Gasteiger charge is 2.36. The topological polar surface area (TPSA) is 98.1 Å². The third-order valence-corrected chi connectivity index (χ3v) is 7.18. The zero-order chi connectivity index (χ0) is 26.0. The minimum atomic E-state index is -4.48. The number of hydrogen-bond donors (Lipinski definition) is 1. The molecule has 2 aliphatic carbocycles. The van der Waals surface area contributed by atoms with E-state index in [1.165, 1.54) is 4.57 Å². The fraction of sp³-hybridized carbons (Fsp3) is 0.333. The molecule has 1 N–H and O–H groups in total. The average molecular weight is 517 g/mol. The van der Waals surface area contributed by atoms with Crippen LogP contribution >= 0.6 is 0 Å². The van der Waals surface area contributed by atoms with E-state index >= 15 is 0 Å². The van der Waals surface area contributed by atoms with Crippen LogP contribution in [0.2, 0.25) is 0 Å². The van der Waals surface area contributed by atoms with E-state index in [1.54, 1.807) is 31.7 Å². The Bertz CT molecular complexity index is 1630. The maximum Gasteiger partial charge on any atom is 0.434 e. The molecular formula is C27H23F3N8. The normalized spacial score (nSPS) is 15.9. The number of aromatic nitrogens is 8. The second kappa shape index (κ2) is 8.44. The van der Waals surface area contributed by atoms with Gasteiger partial charge in [-0.15, -0.1) is 0 Å². The van der Waals surface area contributed by atoms with Gasteiger partial charge in [-0.25, -0.2) is 24.9 Å². The van der Waals surface area contributed by atoms with Crippen LogP contribution in [0.4, 0.5) is 13.2 Å². The number of H-pyrrole nitrogens is 1. The summed E-state index contributed by atoms with van der Waals surface area (Å²) < 4.78 is 40.6. The Balaban J connectivity index is 1.20. The van der Waals surface area contributed by atoms with Gasteiger partial charge in [0.25, 0.3) is 0 Å². The molecule has 8 nitrogen and oxygen atoms in total. The van der Waals surface area contributed by atoms with Crippen molar-refractivity contribution in [2.75, 3.05) is 0 Å². The van der Waals surface area contributed by atoms with Gasteiger partial charge < -0.3 is 4.57 Å². The van der Waals surface area contributed by atoms with Crippen molar-refractivity contribution < 1.29 is 13.2 Å². The predicted octanol–water partition coefficient (Wildman–Crippen LogP) is 5.57. The smallest absolute Gasteiger partial charge is 0.333 e. The minimum Gasteiger partial charge on any atom is -0.333 e. The van der Waals surface area contributed by atoms with Crippen LogP contribution < -0.4 is 0 Å². The SMILES string of the molecule is Cn1cc(C(F)(F)F)nc1-c1ccc(Cc2[nH]nc3cnc(-c4c(C5CC5)ncnc4C4CC4)nc23)cc1. The summed E-state index contributed by atoms with van der Waals surface area (Å²) in [5.74, 6) is 1.78. The van der Waals surface area contributed by atoms with Crippen LogP contribution in [0.15, 0.2) is 43.0 Å². The highest BCUT2D eigenvalue weighted by molar-refractivity contribution is 5.79. The Morgan fingerprint density at radius 1 is 0.947 bits per heavy atom. The largest absolute Gasteiger partial charge is 0.434 e. The molecule has 11 heteroatoms. The molecule has 2 fully saturated rings. The van der Waals surface area contributed by atoms with Crippen LogP contribution in [-0.2, 0) is 19.6 Å². The van der Waals surface area contributed by atoms with Gasteiger partial charge in [-0.05, 0) is 31.2 Å². The molecule has 2 saturated carbocycles. The van der Waals surface area contributed by atoms with Crippen LogP contribution in [-0.4, -0.2) is 39.7 Å². The first-order chi connectivity index (χ1) is 18.3. The number of rotatable bonds is 6. The molecule has 2 aliphatic rings. The third kappa shape index (κ3) is 4.11. The highest BCUT2D eigenvalue weighted by Crippen LogP contribution is 2.48. The van der Waals surface area contributed by atoms with E-state index in [-0.39, 0.29) is 5.82 Å². The maximum atomic E-state index is 13.1. The molecule has 4 heterocycles. The van der Waals surface area contributed by atoms with Gasteiger partial charge >= 0.3 is 6.18 Å². The predicted molar refractivity (Wildman–Crippen MR) is 133 cm³/mol. The maximum absolute atomic E-state index is 13.1. The van der Waals surface area contributed by atoms with Gasteiger partial charge in [0, 0.05) is 37.1 Å². The molecule has 7 rings (SSSR count). The number of aromatic amines is 1. The van der Waals surface area contributed by atoms with E-state index in [2.05, 4.69) is 30.1 Å². The Hall–Kier alpha value is -4.15. The standard InChI is InChI=1S/C27H23F3N8/c1-38-12-20(27(28,29)30)34-26(38)17-4-2-14(3-5-17)10-18-24-19(37-36-18)11-31-25(35-24)21-22(15-6-7-15)32-13-33-23(21)16-8-9-16/h2-5,11-13,15-16H,6-10H2,1H3,(H,36,37). The lowest BCUT2D eigenvalue weighted by Crippen LogP contribution is -2.04. The van der Waals surface area contributed by atoms with Crippen molar-refractivity contribution in [2.24, 2.45) is 7.05 Å². The Labute approximate surface area is 215 Å². The van der Waals surface area contributed by atoms with E-state index in [0.717, 1.165) is 65.6 Å². The van der Waals surface area contributed by atoms with Crippen LogP contribution in [0.25, 0.3) is 33.8 Å². The van der Waals surface area contributed by atoms with Crippen molar-refractivity contribution >= 4 is 11.0 Å². The summed E-state index contributed by atoms with van der Waals surface area (Å²) in [6.07, 6.45) is 4.95. The fourth-order valence-corrected chi connectivity index (χ4v) is 4.93. The summed E-state index contributed by atoms with van der Waals surface area (Å²) in [7, 11) is 1.56. The van der Waals surface area contributed by atoms with E-state index in [9.17, 15) is 13.2 Å². The molecule has 0 bridgehead atoms. The lowest BCUT2D eigenvalue weighted by atomic mass is 10.0. The zero-order valence-electron chi connectivity index (χ0n) is 20.5. The minimum absolute atomic E-state index is 0.260. The molecule has 4 aromatic heterocycles. The zero-order valence-corrected chi connectivity index (χ0v) is 20.5. The molecule has 0 atom stereocenters. The number of alkyl halides is 3. The number of halogens is 3. The Kier molecular flexibility index (Phi) is 5.11. The molecule has 192 valence electrons. The van der Waals surface area contributed by atoms with Crippen LogP contribution in [0.1, 0.15) is 65.9 Å². The number of nitrogens with zero attached hydrogens (tertiary/aromatic N) is 7. The van der Waals surface area contributed by atoms with Crippen molar-refractivity contribution in [3.05, 3.63) is 71.3 Å². The number of fused-ring (bicyclic) bond motifs is 1. The molecule has 0 amide bonds. The highest BCUT2D eigenvalue weighted by atomic mass is 19.4. The van der Waals surface area contributed by atoms with E-state index < -0.39 is 11.9 Å². The summed E-state index contributed by atoms with van der Waals surface area (Å²) in [6.45, 7) is 0. The molecule has 0 saturated heterocycles. The van der Waals surface area contributed by atoms with Gasteiger partial charge in [0.15, 0.2) is 11.5 Å². The van der Waals surface area contributed by atoms with Gasteiger partial charge in [0.2, 0.25) is 0 Å². The van der Waals surface area contributed by atoms with Gasteiger partial charge in [-0.1, -0.05) is 24.3 Å². The molecule has 0 aliphatic heterocycles. The summed E-state index contributed by atoms with van der Waals surface area (Å²) in [5.41, 5.74) is 5.98. The van der Waals surface area contributed by atoms with Gasteiger partial charge in [-0.2, -0.15) is 18.3 Å². The fourth-order valence-electron chi connectivity index (χ4n) is 4.93. The first-order valence-electron chi connectivity index (χ1n) is 12.6. The number of imidazole rings is 1. The van der Waals surface area contributed by atoms with Crippen molar-refractivity contribution in [2.45, 2.75) is 50.1 Å². The molecule has 1 aromatic carbocycles. The average Bonchev–Trinajstić information content (AvgIpc) is 3.84. The van der Waals surface area contributed by atoms with E-state index in [0.29, 0.717) is 35.2 Å². The van der Waals surface area contributed by atoms with Gasteiger partial charge in [-0.3, -0.25) is 5.10 Å². The van der Waals surface area contributed by atoms with Crippen LogP contribution in [0.5, 0.6) is 0 Å². The first kappa shape index (κ1) is 23.0. The van der Waals surface area contributed by atoms with Crippen LogP contribution in [0, 0.1) is 0 Å². The molecule has 0 spiro atoms. The van der Waals surface area contributed by atoms with Crippen LogP contribution in [0.3, 0.4) is 0 Å². The number of nitrogens with one attached hydrogen (secondary N) is 1. The van der Waals surface area contributed by atoms with E-state index in [1.807, 2.05) is 12.1 Å². The van der Waals surface area contributed by atoms with Crippen molar-refractivity contribution in [1.29, 1.82) is 0 Å². The van der Waals surface area contributed by atoms with Crippen molar-refractivity contribution in [1.82, 2.24) is 39.7 Å². The van der Waals surface area contributed by atoms with Crippen molar-refractivity contribution in [3.8, 4) is 22.8 Å². The molecule has 0 radical (unpaired) electrons. The van der Waals surface area contributed by atoms with Crippen molar-refractivity contribution in [3.63, 3.8) is 0 Å². The molecule has 5 aromatic rings. The Morgan fingerprint density at radius 3 is 2.24 bits per heavy atom. The monoisotopic (exact) mass is 516 g/mol. The number of aryl methyl sites for hydroxylation is 1. The number of hydrogen-bond acceptors (Lipinski definition) is 6. The van der Waals surface area contributed by atoms with Gasteiger partial charge in [0.05, 0.1) is 28.8 Å². The summed E-state index contributed by atoms with van der Waals surface area (Å²) in [6, 6.07) is 7.32. The second-order valence-corrected chi connectivity index (χ2v) is 10.1. The summed E-state index contributed by atoms with van der Waals surface area (Å²) >= 11 is 0. The second-order valence-electron chi connectivity index (χ2n) is 10.1. The van der Waals surface area contributed by atoms with E-state index in [4.69, 9.17) is 4.98 Å². The quantitative estimate of drug-likeness (QED) is 0.317. The Morgan fingerprint density at radius 2 is 1.63 bits per heavy atom. The molecular weight excluding hydrogens is 493 g/mol. The van der Waals surface area contributed by atoms with Gasteiger partial charge in [0.1, 0.15) is 23.2 Å². The lowest BCUT2D eigenvalue weighted by Gasteiger charge is -2.11. The lowest BCUT2D eigenvalue weighted by molar-refractivity contribution is -0.140. The third-order valence-electron chi connectivity index (χ3n) is 7.18. The number of benzene rings is 1. The summed E-state index contributed by atoms with van der Waals surface area (Å²) in [4.78, 5) is 22.6. The molecule has 38 heavy (non-hydrogen) atoms. The first-order valence-corrected chi connectivity index (χ1v) is 12.6. The molecule has 0 unspecified atom stereocenters. The summed E-state index contributed by atoms with van der Waals surface area (Å²) in [5, 5.41) is 7.48.